The largest absolute Gasteiger partial charge is 0.504 e. The normalized spacial score (nSPS) is 22.2. The van der Waals surface area contributed by atoms with E-state index in [4.69, 9.17) is 23.2 Å². The fourth-order valence-electron chi connectivity index (χ4n) is 4.92. The Morgan fingerprint density at radius 3 is 2.43 bits per heavy atom. The van der Waals surface area contributed by atoms with Crippen molar-refractivity contribution in [3.63, 3.8) is 0 Å². The Hall–Kier alpha value is -2.11. The first-order valence-electron chi connectivity index (χ1n) is 11.4. The Labute approximate surface area is 213 Å². The van der Waals surface area contributed by atoms with Gasteiger partial charge in [-0.3, -0.25) is 0 Å². The zero-order chi connectivity index (χ0) is 25.3. The number of piperidine rings is 1. The van der Waals surface area contributed by atoms with E-state index in [9.17, 15) is 22.7 Å². The van der Waals surface area contributed by atoms with Crippen molar-refractivity contribution in [2.75, 3.05) is 17.2 Å². The zero-order valence-electron chi connectivity index (χ0n) is 19.0. The molecule has 2 amide bonds. The summed E-state index contributed by atoms with van der Waals surface area (Å²) in [4.78, 5) is 12.0. The van der Waals surface area contributed by atoms with Crippen molar-refractivity contribution < 1.29 is 22.7 Å². The summed E-state index contributed by atoms with van der Waals surface area (Å²) in [5.74, 6) is -1.38. The molecule has 190 valence electrons. The molecule has 0 aliphatic carbocycles. The number of amides is 2. The molecule has 4 rings (SSSR count). The van der Waals surface area contributed by atoms with Gasteiger partial charge in [-0.15, -0.1) is 0 Å². The summed E-state index contributed by atoms with van der Waals surface area (Å²) in [7, 11) is -4.15. The molecule has 2 heterocycles. The minimum absolute atomic E-state index is 0.0154. The van der Waals surface area contributed by atoms with Gasteiger partial charge in [-0.05, 0) is 62.9 Å². The number of sulfonamides is 1. The molecular formula is C23H27Cl2FN4O4S. The molecule has 0 aromatic heterocycles. The summed E-state index contributed by atoms with van der Waals surface area (Å²) in [6, 6.07) is 5.51. The van der Waals surface area contributed by atoms with Gasteiger partial charge in [0, 0.05) is 18.1 Å². The van der Waals surface area contributed by atoms with Crippen LogP contribution < -0.4 is 16.0 Å². The maximum atomic E-state index is 13.7. The number of hydrogen-bond donors (Lipinski definition) is 4. The molecule has 2 aliphatic rings. The number of carbonyl (C=O) groups excluding carboxylic acids is 1. The number of nitrogens with zero attached hydrogens (tertiary/aromatic N) is 1. The smallest absolute Gasteiger partial charge is 0.323 e. The first kappa shape index (κ1) is 26.0. The van der Waals surface area contributed by atoms with Gasteiger partial charge in [0.15, 0.2) is 5.75 Å². The van der Waals surface area contributed by atoms with Crippen LogP contribution in [0, 0.1) is 5.82 Å². The number of halogens is 3. The first-order chi connectivity index (χ1) is 16.6. The van der Waals surface area contributed by atoms with Gasteiger partial charge in [0.25, 0.3) is 0 Å². The second-order valence-corrected chi connectivity index (χ2v) is 11.4. The lowest BCUT2D eigenvalue weighted by Crippen LogP contribution is -2.51. The van der Waals surface area contributed by atoms with Crippen LogP contribution in [0.1, 0.15) is 39.0 Å². The van der Waals surface area contributed by atoms with Crippen molar-refractivity contribution in [3.8, 4) is 5.75 Å². The molecule has 2 aromatic carbocycles. The van der Waals surface area contributed by atoms with Gasteiger partial charge in [-0.2, -0.15) is 4.31 Å². The molecular weight excluding hydrogens is 518 g/mol. The van der Waals surface area contributed by atoms with Gasteiger partial charge < -0.3 is 21.1 Å². The molecule has 2 bridgehead atoms. The number of carbonyl (C=O) groups is 1. The number of hydrogen-bond acceptors (Lipinski definition) is 5. The minimum atomic E-state index is -4.15. The molecule has 35 heavy (non-hydrogen) atoms. The van der Waals surface area contributed by atoms with E-state index in [2.05, 4.69) is 22.9 Å². The molecule has 2 fully saturated rings. The quantitative estimate of drug-likeness (QED) is 0.359. The van der Waals surface area contributed by atoms with Crippen LogP contribution in [0.4, 0.5) is 20.6 Å². The highest BCUT2D eigenvalue weighted by Gasteiger charge is 2.48. The summed E-state index contributed by atoms with van der Waals surface area (Å²) in [5, 5.41) is 18.7. The number of benzene rings is 2. The number of urea groups is 1. The van der Waals surface area contributed by atoms with Gasteiger partial charge in [0.2, 0.25) is 10.0 Å². The molecule has 2 saturated heterocycles. The molecule has 2 atom stereocenters. The van der Waals surface area contributed by atoms with Crippen LogP contribution in [0.3, 0.4) is 0 Å². The van der Waals surface area contributed by atoms with Crippen LogP contribution in [0.25, 0.3) is 0 Å². The summed E-state index contributed by atoms with van der Waals surface area (Å²) in [6.07, 6.45) is 3.84. The summed E-state index contributed by atoms with van der Waals surface area (Å²) < 4.78 is 42.5. The Kier molecular flexibility index (Phi) is 7.77. The number of phenolic OH excluding ortho intramolecular Hbond substituents is 1. The van der Waals surface area contributed by atoms with E-state index >= 15 is 0 Å². The van der Waals surface area contributed by atoms with E-state index in [1.807, 2.05) is 0 Å². The van der Waals surface area contributed by atoms with Crippen molar-refractivity contribution in [1.29, 1.82) is 0 Å². The second-order valence-electron chi connectivity index (χ2n) is 8.80. The van der Waals surface area contributed by atoms with Crippen molar-refractivity contribution in [2.45, 2.75) is 62.0 Å². The van der Waals surface area contributed by atoms with Crippen LogP contribution >= 0.6 is 23.2 Å². The van der Waals surface area contributed by atoms with Crippen LogP contribution in [-0.4, -0.2) is 48.5 Å². The number of rotatable bonds is 7. The monoisotopic (exact) mass is 544 g/mol. The average molecular weight is 545 g/mol. The van der Waals surface area contributed by atoms with Gasteiger partial charge >= 0.3 is 6.03 Å². The van der Waals surface area contributed by atoms with Gasteiger partial charge in [0.05, 0.1) is 21.4 Å². The van der Waals surface area contributed by atoms with Crippen molar-refractivity contribution in [1.82, 2.24) is 9.62 Å². The Balaban J connectivity index is 1.57. The predicted molar refractivity (Wildman–Crippen MR) is 134 cm³/mol. The highest BCUT2D eigenvalue weighted by molar-refractivity contribution is 7.89. The number of fused-ring (bicyclic) bond motifs is 2. The predicted octanol–water partition coefficient (Wildman–Crippen LogP) is 5.17. The maximum Gasteiger partial charge on any atom is 0.323 e. The molecule has 4 N–H and O–H groups in total. The standard InChI is InChI=1S/C23H27Cl2FN4O4S/c1-2-10-27-13-11-14-6-7-15(12-13)30(14)35(33,34)22-16(24)8-9-19(21(22)31)29-23(32)28-18-5-3-4-17(26)20(18)25/h3-5,8-9,13-15,27,31H,2,6-7,10-12H2,1H3,(H2,28,29,32)/t14-,15-/m0/s1. The summed E-state index contributed by atoms with van der Waals surface area (Å²) in [6.45, 7) is 2.96. The average Bonchev–Trinajstić information content (AvgIpc) is 3.09. The first-order valence-corrected chi connectivity index (χ1v) is 13.6. The summed E-state index contributed by atoms with van der Waals surface area (Å²) >= 11 is 12.1. The lowest BCUT2D eigenvalue weighted by Gasteiger charge is -2.38. The number of nitrogens with one attached hydrogen (secondary N) is 3. The van der Waals surface area contributed by atoms with Gasteiger partial charge in [-0.25, -0.2) is 17.6 Å². The molecule has 2 aromatic rings. The number of anilines is 2. The van der Waals surface area contributed by atoms with E-state index in [1.165, 1.54) is 28.6 Å². The third kappa shape index (κ3) is 5.22. The van der Waals surface area contributed by atoms with Gasteiger partial charge in [-0.1, -0.05) is 36.2 Å². The van der Waals surface area contributed by atoms with E-state index in [0.29, 0.717) is 12.8 Å². The van der Waals surface area contributed by atoms with Gasteiger partial charge in [0.1, 0.15) is 10.7 Å². The fourth-order valence-corrected chi connectivity index (χ4v) is 7.58. The third-order valence-electron chi connectivity index (χ3n) is 6.42. The highest BCUT2D eigenvalue weighted by Crippen LogP contribution is 2.45. The lowest BCUT2D eigenvalue weighted by atomic mass is 10.00. The molecule has 2 aliphatic heterocycles. The zero-order valence-corrected chi connectivity index (χ0v) is 21.4. The van der Waals surface area contributed by atoms with Crippen LogP contribution in [0.2, 0.25) is 10.0 Å². The van der Waals surface area contributed by atoms with Crippen LogP contribution in [0.5, 0.6) is 5.75 Å². The molecule has 0 radical (unpaired) electrons. The van der Waals surface area contributed by atoms with E-state index in [-0.39, 0.29) is 39.5 Å². The van der Waals surface area contributed by atoms with Crippen molar-refractivity contribution >= 4 is 50.6 Å². The Morgan fingerprint density at radius 1 is 1.11 bits per heavy atom. The molecule has 12 heteroatoms. The SMILES string of the molecule is CCCNC1C[C@@H]2CC[C@@H](C1)N2S(=O)(=O)c1c(Cl)ccc(NC(=O)Nc2cccc(F)c2Cl)c1O. The van der Waals surface area contributed by atoms with E-state index < -0.39 is 32.5 Å². The topological polar surface area (TPSA) is 111 Å². The summed E-state index contributed by atoms with van der Waals surface area (Å²) in [5.41, 5.74) is -0.147. The van der Waals surface area contributed by atoms with E-state index in [0.717, 1.165) is 31.9 Å². The lowest BCUT2D eigenvalue weighted by molar-refractivity contribution is 0.207. The van der Waals surface area contributed by atoms with Crippen LogP contribution in [0.15, 0.2) is 35.2 Å². The molecule has 8 nitrogen and oxygen atoms in total. The van der Waals surface area contributed by atoms with E-state index in [1.54, 1.807) is 0 Å². The van der Waals surface area contributed by atoms with Crippen LogP contribution in [-0.2, 0) is 10.0 Å². The second kappa shape index (κ2) is 10.5. The third-order valence-corrected chi connectivity index (χ3v) is 9.31. The fraction of sp³-hybridized carbons (Fsp3) is 0.435. The highest BCUT2D eigenvalue weighted by atomic mass is 35.5. The molecule has 0 spiro atoms. The minimum Gasteiger partial charge on any atom is -0.504 e. The van der Waals surface area contributed by atoms with Crippen molar-refractivity contribution in [2.24, 2.45) is 0 Å². The Bertz CT molecular complexity index is 1220. The number of aromatic hydroxyl groups is 1. The van der Waals surface area contributed by atoms with Crippen molar-refractivity contribution in [3.05, 3.63) is 46.2 Å². The Morgan fingerprint density at radius 2 is 1.77 bits per heavy atom. The number of phenols is 1. The molecule has 0 unspecified atom stereocenters. The molecule has 0 saturated carbocycles. The maximum absolute atomic E-state index is 13.7.